The Bertz CT molecular complexity index is 1790. The number of guanidine groups is 2. The number of anilines is 1. The average molecular weight is 669 g/mol. The Morgan fingerprint density at radius 2 is 1.24 bits per heavy atom. The molecule has 49 heavy (non-hydrogen) atoms. The van der Waals surface area contributed by atoms with Crippen molar-refractivity contribution in [2.75, 3.05) is 18.5 Å². The molecule has 0 aliphatic carbocycles. The van der Waals surface area contributed by atoms with E-state index >= 15 is 0 Å². The van der Waals surface area contributed by atoms with Crippen LogP contribution < -0.4 is 37.3 Å². The molecular weight excluding hydrogens is 628 g/mol. The van der Waals surface area contributed by atoms with E-state index in [1.165, 1.54) is 0 Å². The largest absolute Gasteiger partial charge is 0.462 e. The second-order valence-electron chi connectivity index (χ2n) is 10.5. The Morgan fingerprint density at radius 3 is 1.88 bits per heavy atom. The number of fused-ring (bicyclic) bond motifs is 1. The van der Waals surface area contributed by atoms with E-state index in [2.05, 4.69) is 10.6 Å². The molecule has 0 aromatic heterocycles. The van der Waals surface area contributed by atoms with Gasteiger partial charge in [0.25, 0.3) is 0 Å². The molecule has 0 fully saturated rings. The first-order chi connectivity index (χ1) is 23.4. The first-order valence-electron chi connectivity index (χ1n) is 15.3. The number of rotatable bonds is 13. The zero-order valence-corrected chi connectivity index (χ0v) is 27.0. The van der Waals surface area contributed by atoms with Crippen molar-refractivity contribution in [3.8, 4) is 11.5 Å². The number of ether oxygens (including phenoxy) is 3. The molecule has 0 saturated carbocycles. The third kappa shape index (κ3) is 12.7. The van der Waals surface area contributed by atoms with Crippen LogP contribution in [0.25, 0.3) is 10.8 Å². The van der Waals surface area contributed by atoms with Crippen LogP contribution in [-0.4, -0.2) is 48.8 Å². The second kappa shape index (κ2) is 18.6. The second-order valence-corrected chi connectivity index (χ2v) is 10.5. The van der Waals surface area contributed by atoms with E-state index in [0.29, 0.717) is 59.9 Å². The van der Waals surface area contributed by atoms with Gasteiger partial charge in [-0.3, -0.25) is 21.0 Å². The van der Waals surface area contributed by atoms with E-state index in [1.807, 2.05) is 18.2 Å². The first kappa shape index (κ1) is 37.0. The fourth-order valence-corrected chi connectivity index (χ4v) is 4.32. The van der Waals surface area contributed by atoms with Gasteiger partial charge in [0, 0.05) is 24.2 Å². The van der Waals surface area contributed by atoms with Gasteiger partial charge in [-0.1, -0.05) is 24.6 Å². The van der Waals surface area contributed by atoms with Gasteiger partial charge < -0.3 is 42.0 Å². The van der Waals surface area contributed by atoms with E-state index in [9.17, 15) is 14.4 Å². The minimum Gasteiger partial charge on any atom is -0.462 e. The summed E-state index contributed by atoms with van der Waals surface area (Å²) in [5.41, 5.74) is 18.0. The smallest absolute Gasteiger partial charge is 0.343 e. The van der Waals surface area contributed by atoms with E-state index in [1.54, 1.807) is 73.7 Å². The summed E-state index contributed by atoms with van der Waals surface area (Å²) in [6.07, 6.45) is 2.71. The van der Waals surface area contributed by atoms with Crippen molar-refractivity contribution in [2.45, 2.75) is 32.6 Å². The van der Waals surface area contributed by atoms with Crippen LogP contribution in [0.15, 0.2) is 84.9 Å². The molecule has 0 heterocycles. The lowest BCUT2D eigenvalue weighted by molar-refractivity contribution is -0.134. The number of benzene rings is 4. The molecule has 0 spiro atoms. The highest BCUT2D eigenvalue weighted by Crippen LogP contribution is 2.23. The Kier molecular flexibility index (Phi) is 14.1. The molecule has 0 amide bonds. The summed E-state index contributed by atoms with van der Waals surface area (Å²) in [6, 6.07) is 23.4. The monoisotopic (exact) mass is 668 g/mol. The van der Waals surface area contributed by atoms with Gasteiger partial charge in [-0.2, -0.15) is 0 Å². The summed E-state index contributed by atoms with van der Waals surface area (Å²) in [4.78, 5) is 35.5. The zero-order valence-electron chi connectivity index (χ0n) is 27.0. The normalized spacial score (nSPS) is 10.1. The SMILES string of the molecule is CCOC(=O)c1ccc(OC(=O)CCCCCNC(=N)N)cc1.N=C(N)Nc1ccc(C(=O)Oc2ccc3cc(C(=N)N)ccc3c2)cc1. The van der Waals surface area contributed by atoms with E-state index < -0.39 is 11.9 Å². The molecule has 4 rings (SSSR count). The summed E-state index contributed by atoms with van der Waals surface area (Å²) in [5, 5.41) is 28.8. The number of nitrogens with one attached hydrogen (secondary N) is 5. The van der Waals surface area contributed by atoms with Gasteiger partial charge in [-0.05, 0) is 97.3 Å². The van der Waals surface area contributed by atoms with Gasteiger partial charge in [-0.25, -0.2) is 9.59 Å². The number of hydrogen-bond acceptors (Lipinski definition) is 9. The predicted molar refractivity (Wildman–Crippen MR) is 188 cm³/mol. The summed E-state index contributed by atoms with van der Waals surface area (Å²) in [7, 11) is 0. The summed E-state index contributed by atoms with van der Waals surface area (Å²) in [5.74, 6) is -0.590. The summed E-state index contributed by atoms with van der Waals surface area (Å²) in [6.45, 7) is 2.68. The zero-order chi connectivity index (χ0) is 35.8. The molecule has 11 N–H and O–H groups in total. The highest BCUT2D eigenvalue weighted by Gasteiger charge is 2.11. The van der Waals surface area contributed by atoms with Crippen molar-refractivity contribution in [3.05, 3.63) is 102 Å². The van der Waals surface area contributed by atoms with Crippen molar-refractivity contribution in [1.29, 1.82) is 16.2 Å². The van der Waals surface area contributed by atoms with Gasteiger partial charge in [0.2, 0.25) is 0 Å². The highest BCUT2D eigenvalue weighted by atomic mass is 16.5. The third-order valence-electron chi connectivity index (χ3n) is 6.70. The van der Waals surface area contributed by atoms with Crippen molar-refractivity contribution < 1.29 is 28.6 Å². The van der Waals surface area contributed by atoms with E-state index in [-0.39, 0.29) is 23.7 Å². The molecule has 0 unspecified atom stereocenters. The van der Waals surface area contributed by atoms with Crippen LogP contribution in [0.1, 0.15) is 58.9 Å². The Morgan fingerprint density at radius 1 is 0.653 bits per heavy atom. The quantitative estimate of drug-likeness (QED) is 0.0324. The number of carbonyl (C=O) groups excluding carboxylic acids is 3. The van der Waals surface area contributed by atoms with Crippen LogP contribution in [0, 0.1) is 16.2 Å². The lowest BCUT2D eigenvalue weighted by Crippen LogP contribution is -2.30. The van der Waals surface area contributed by atoms with Crippen molar-refractivity contribution in [1.82, 2.24) is 5.32 Å². The van der Waals surface area contributed by atoms with Crippen LogP contribution >= 0.6 is 0 Å². The minimum absolute atomic E-state index is 0.00474. The number of esters is 3. The van der Waals surface area contributed by atoms with Gasteiger partial charge >= 0.3 is 17.9 Å². The summed E-state index contributed by atoms with van der Waals surface area (Å²) < 4.78 is 15.5. The molecular formula is C35H40N8O6. The molecule has 0 aliphatic heterocycles. The maximum Gasteiger partial charge on any atom is 0.343 e. The maximum atomic E-state index is 12.3. The van der Waals surface area contributed by atoms with E-state index in [4.69, 9.17) is 47.6 Å². The Balaban J connectivity index is 0.000000268. The number of nitrogen functional groups attached to an aromatic ring is 1. The molecule has 0 radical (unpaired) electrons. The van der Waals surface area contributed by atoms with Crippen LogP contribution in [0.4, 0.5) is 5.69 Å². The topological polar surface area (TPSA) is 253 Å². The lowest BCUT2D eigenvalue weighted by atomic mass is 10.1. The molecule has 0 saturated heterocycles. The number of unbranched alkanes of at least 4 members (excludes halogenated alkanes) is 2. The maximum absolute atomic E-state index is 12.3. The van der Waals surface area contributed by atoms with Crippen LogP contribution in [0.2, 0.25) is 0 Å². The van der Waals surface area contributed by atoms with Gasteiger partial charge in [0.15, 0.2) is 11.9 Å². The number of hydrogen-bond donors (Lipinski definition) is 8. The number of nitrogens with two attached hydrogens (primary N) is 3. The molecule has 256 valence electrons. The van der Waals surface area contributed by atoms with Crippen molar-refractivity contribution >= 4 is 52.1 Å². The molecule has 14 heteroatoms. The molecule has 14 nitrogen and oxygen atoms in total. The summed E-state index contributed by atoms with van der Waals surface area (Å²) >= 11 is 0. The standard InChI is InChI=1S/C19H17N5O2.C16H23N3O4/c20-17(21)14-2-1-13-10-16(8-5-12(13)9-14)26-18(25)11-3-6-15(7-4-11)24-19(22)23;1-2-22-15(21)12-7-9-13(10-8-12)23-14(20)6-4-3-5-11-19-16(17)18/h1-10H,(H3,20,21)(H4,22,23,24);7-10H,2-6,11H2,1H3,(H4,17,18,19). The third-order valence-corrected chi connectivity index (χ3v) is 6.70. The van der Waals surface area contributed by atoms with Crippen LogP contribution in [0.3, 0.4) is 0 Å². The fraction of sp³-hybridized carbons (Fsp3) is 0.200. The van der Waals surface area contributed by atoms with Gasteiger partial charge in [0.1, 0.15) is 17.3 Å². The number of carbonyl (C=O) groups is 3. The van der Waals surface area contributed by atoms with Gasteiger partial charge in [0.05, 0.1) is 17.7 Å². The van der Waals surface area contributed by atoms with Crippen LogP contribution in [-0.2, 0) is 9.53 Å². The van der Waals surface area contributed by atoms with Crippen molar-refractivity contribution in [2.24, 2.45) is 17.2 Å². The highest BCUT2D eigenvalue weighted by molar-refractivity contribution is 5.99. The molecule has 0 atom stereocenters. The average Bonchev–Trinajstić information content (AvgIpc) is 3.06. The fourth-order valence-electron chi connectivity index (χ4n) is 4.32. The molecule has 4 aromatic rings. The minimum atomic E-state index is -0.487. The molecule has 0 bridgehead atoms. The predicted octanol–water partition coefficient (Wildman–Crippen LogP) is 4.46. The Labute approximate surface area is 283 Å². The Hall–Kier alpha value is -6.44. The van der Waals surface area contributed by atoms with Crippen LogP contribution in [0.5, 0.6) is 11.5 Å². The van der Waals surface area contributed by atoms with Gasteiger partial charge in [-0.15, -0.1) is 0 Å². The molecule has 4 aromatic carbocycles. The van der Waals surface area contributed by atoms with Crippen molar-refractivity contribution in [3.63, 3.8) is 0 Å². The lowest BCUT2D eigenvalue weighted by Gasteiger charge is -2.08. The molecule has 0 aliphatic rings. The first-order valence-corrected chi connectivity index (χ1v) is 15.3. The van der Waals surface area contributed by atoms with E-state index in [0.717, 1.165) is 23.6 Å². The number of amidine groups is 1.